The van der Waals surface area contributed by atoms with Gasteiger partial charge in [0.15, 0.2) is 0 Å². The number of amides is 1. The molecule has 1 aliphatic heterocycles. The summed E-state index contributed by atoms with van der Waals surface area (Å²) < 4.78 is 10.8. The molecular formula is C16H26N4O3. The van der Waals surface area contributed by atoms with Gasteiger partial charge in [-0.1, -0.05) is 0 Å². The molecule has 2 heterocycles. The van der Waals surface area contributed by atoms with Crippen LogP contribution in [0.5, 0.6) is 0 Å². The monoisotopic (exact) mass is 322 g/mol. The number of carbonyl (C=O) groups is 1. The Morgan fingerprint density at radius 2 is 2.13 bits per heavy atom. The van der Waals surface area contributed by atoms with Crippen molar-refractivity contribution in [2.75, 3.05) is 13.1 Å². The second kappa shape index (κ2) is 6.11. The Kier molecular flexibility index (Phi) is 4.31. The van der Waals surface area contributed by atoms with Gasteiger partial charge in [0, 0.05) is 26.1 Å². The molecule has 1 saturated carbocycles. The minimum atomic E-state index is -0.459. The number of alkyl carbamates (subject to hydrolysis) is 1. The number of aryl methyl sites for hydroxylation is 1. The Morgan fingerprint density at radius 3 is 2.78 bits per heavy atom. The predicted molar refractivity (Wildman–Crippen MR) is 83.7 cm³/mol. The van der Waals surface area contributed by atoms with Crippen molar-refractivity contribution in [2.45, 2.75) is 58.7 Å². The molecule has 0 radical (unpaired) electrons. The van der Waals surface area contributed by atoms with Gasteiger partial charge in [-0.05, 0) is 45.4 Å². The third kappa shape index (κ3) is 4.02. The van der Waals surface area contributed by atoms with Crippen LogP contribution in [0.2, 0.25) is 0 Å². The molecule has 1 aliphatic carbocycles. The van der Waals surface area contributed by atoms with Gasteiger partial charge in [0.05, 0.1) is 6.54 Å². The van der Waals surface area contributed by atoms with Crippen molar-refractivity contribution in [2.24, 2.45) is 11.8 Å². The van der Waals surface area contributed by atoms with Crippen LogP contribution < -0.4 is 5.32 Å². The van der Waals surface area contributed by atoms with E-state index in [1.165, 1.54) is 0 Å². The number of aromatic nitrogens is 2. The number of rotatable bonds is 3. The summed E-state index contributed by atoms with van der Waals surface area (Å²) in [6.07, 6.45) is 1.86. The van der Waals surface area contributed by atoms with E-state index in [1.807, 2.05) is 20.8 Å². The molecule has 2 fully saturated rings. The molecule has 23 heavy (non-hydrogen) atoms. The maximum absolute atomic E-state index is 12.0. The van der Waals surface area contributed by atoms with E-state index in [4.69, 9.17) is 9.15 Å². The van der Waals surface area contributed by atoms with E-state index in [9.17, 15) is 4.79 Å². The summed E-state index contributed by atoms with van der Waals surface area (Å²) in [5.41, 5.74) is -0.459. The number of nitrogens with one attached hydrogen (secondary N) is 1. The Hall–Kier alpha value is -1.63. The van der Waals surface area contributed by atoms with Crippen LogP contribution >= 0.6 is 0 Å². The minimum Gasteiger partial charge on any atom is -0.444 e. The fourth-order valence-corrected chi connectivity index (χ4v) is 3.72. The molecule has 1 N–H and O–H groups in total. The number of hydrogen-bond acceptors (Lipinski definition) is 6. The minimum absolute atomic E-state index is 0.198. The van der Waals surface area contributed by atoms with Crippen LogP contribution in [0.1, 0.15) is 45.4 Å². The molecule has 1 amide bonds. The van der Waals surface area contributed by atoms with Crippen LogP contribution in [0.4, 0.5) is 4.79 Å². The normalized spacial score (nSPS) is 27.9. The van der Waals surface area contributed by atoms with Gasteiger partial charge in [0.1, 0.15) is 5.60 Å². The zero-order chi connectivity index (χ0) is 16.6. The van der Waals surface area contributed by atoms with Gasteiger partial charge in [0.25, 0.3) is 0 Å². The summed E-state index contributed by atoms with van der Waals surface area (Å²) in [5.74, 6) is 2.37. The van der Waals surface area contributed by atoms with Gasteiger partial charge in [-0.15, -0.1) is 10.2 Å². The average Bonchev–Trinajstić information content (AvgIpc) is 3.06. The second-order valence-corrected chi connectivity index (χ2v) is 7.66. The Morgan fingerprint density at radius 1 is 1.35 bits per heavy atom. The summed E-state index contributed by atoms with van der Waals surface area (Å²) in [6.45, 7) is 10.1. The predicted octanol–water partition coefficient (Wildman–Crippen LogP) is 2.11. The summed E-state index contributed by atoms with van der Waals surface area (Å²) >= 11 is 0. The van der Waals surface area contributed by atoms with Crippen molar-refractivity contribution < 1.29 is 13.9 Å². The maximum Gasteiger partial charge on any atom is 0.407 e. The number of carbonyl (C=O) groups excluding carboxylic acids is 1. The molecule has 1 aromatic rings. The molecule has 3 rings (SSSR count). The molecule has 3 atom stereocenters. The van der Waals surface area contributed by atoms with E-state index in [0.717, 1.165) is 25.9 Å². The van der Waals surface area contributed by atoms with Gasteiger partial charge >= 0.3 is 6.09 Å². The zero-order valence-corrected chi connectivity index (χ0v) is 14.3. The molecule has 7 nitrogen and oxygen atoms in total. The van der Waals surface area contributed by atoms with Crippen LogP contribution in [0.15, 0.2) is 4.42 Å². The number of nitrogens with zero attached hydrogens (tertiary/aromatic N) is 3. The number of ether oxygens (including phenoxy) is 1. The highest BCUT2D eigenvalue weighted by Gasteiger charge is 2.43. The molecule has 0 aromatic carbocycles. The summed E-state index contributed by atoms with van der Waals surface area (Å²) in [7, 11) is 0. The second-order valence-electron chi connectivity index (χ2n) is 7.66. The lowest BCUT2D eigenvalue weighted by atomic mass is 9.98. The quantitative estimate of drug-likeness (QED) is 0.918. The van der Waals surface area contributed by atoms with E-state index in [-0.39, 0.29) is 12.1 Å². The molecule has 128 valence electrons. The van der Waals surface area contributed by atoms with Crippen molar-refractivity contribution in [3.8, 4) is 0 Å². The standard InChI is InChI=1S/C16H26N4O3/c1-10-18-19-14(22-10)9-20-7-11-5-6-13(12(11)8-20)17-15(21)23-16(2,3)4/h11-13H,5-9H2,1-4H3,(H,17,21). The SMILES string of the molecule is Cc1nnc(CN2CC3CCC(NC(=O)OC(C)(C)C)C3C2)o1. The lowest BCUT2D eigenvalue weighted by molar-refractivity contribution is 0.0491. The summed E-state index contributed by atoms with van der Waals surface area (Å²) in [4.78, 5) is 14.3. The lowest BCUT2D eigenvalue weighted by Crippen LogP contribution is -2.42. The highest BCUT2D eigenvalue weighted by molar-refractivity contribution is 5.68. The maximum atomic E-state index is 12.0. The Bertz CT molecular complexity index is 566. The highest BCUT2D eigenvalue weighted by atomic mass is 16.6. The first-order valence-corrected chi connectivity index (χ1v) is 8.31. The van der Waals surface area contributed by atoms with E-state index < -0.39 is 5.60 Å². The van der Waals surface area contributed by atoms with Crippen molar-refractivity contribution in [3.05, 3.63) is 11.8 Å². The van der Waals surface area contributed by atoms with Crippen LogP contribution in [0.3, 0.4) is 0 Å². The molecule has 7 heteroatoms. The van der Waals surface area contributed by atoms with Crippen LogP contribution in [0, 0.1) is 18.8 Å². The topological polar surface area (TPSA) is 80.5 Å². The lowest BCUT2D eigenvalue weighted by Gasteiger charge is -2.24. The zero-order valence-electron chi connectivity index (χ0n) is 14.3. The summed E-state index contributed by atoms with van der Waals surface area (Å²) in [6, 6.07) is 0.198. The van der Waals surface area contributed by atoms with E-state index in [2.05, 4.69) is 20.4 Å². The molecule has 3 unspecified atom stereocenters. The van der Waals surface area contributed by atoms with E-state index >= 15 is 0 Å². The van der Waals surface area contributed by atoms with Crippen LogP contribution in [-0.2, 0) is 11.3 Å². The van der Waals surface area contributed by atoms with Crippen molar-refractivity contribution in [1.29, 1.82) is 0 Å². The molecule has 0 bridgehead atoms. The van der Waals surface area contributed by atoms with Gasteiger partial charge in [-0.25, -0.2) is 4.79 Å². The largest absolute Gasteiger partial charge is 0.444 e. The first-order valence-electron chi connectivity index (χ1n) is 8.31. The van der Waals surface area contributed by atoms with Gasteiger partial charge < -0.3 is 14.5 Å². The van der Waals surface area contributed by atoms with Gasteiger partial charge in [-0.3, -0.25) is 4.90 Å². The number of hydrogen-bond donors (Lipinski definition) is 1. The first kappa shape index (κ1) is 16.2. The molecular weight excluding hydrogens is 296 g/mol. The number of fused-ring (bicyclic) bond motifs is 1. The van der Waals surface area contributed by atoms with E-state index in [1.54, 1.807) is 6.92 Å². The fraction of sp³-hybridized carbons (Fsp3) is 0.812. The van der Waals surface area contributed by atoms with Crippen molar-refractivity contribution >= 4 is 6.09 Å². The number of likely N-dealkylation sites (tertiary alicyclic amines) is 1. The highest BCUT2D eigenvalue weighted by Crippen LogP contribution is 2.38. The average molecular weight is 322 g/mol. The van der Waals surface area contributed by atoms with Crippen LogP contribution in [-0.4, -0.2) is 45.9 Å². The fourth-order valence-electron chi connectivity index (χ4n) is 3.72. The smallest absolute Gasteiger partial charge is 0.407 e. The molecule has 2 aliphatic rings. The Labute approximate surface area is 136 Å². The third-order valence-electron chi connectivity index (χ3n) is 4.56. The third-order valence-corrected chi connectivity index (χ3v) is 4.56. The Balaban J connectivity index is 1.53. The van der Waals surface area contributed by atoms with Gasteiger partial charge in [-0.2, -0.15) is 0 Å². The molecule has 1 saturated heterocycles. The molecule has 0 spiro atoms. The van der Waals surface area contributed by atoms with E-state index in [0.29, 0.717) is 30.2 Å². The summed E-state index contributed by atoms with van der Waals surface area (Å²) in [5, 5.41) is 11.0. The van der Waals surface area contributed by atoms with Crippen LogP contribution in [0.25, 0.3) is 0 Å². The van der Waals surface area contributed by atoms with Crippen molar-refractivity contribution in [1.82, 2.24) is 20.4 Å². The molecule has 1 aromatic heterocycles. The first-order chi connectivity index (χ1) is 10.8. The van der Waals surface area contributed by atoms with Gasteiger partial charge in [0.2, 0.25) is 11.8 Å². The van der Waals surface area contributed by atoms with Crippen molar-refractivity contribution in [3.63, 3.8) is 0 Å².